The molecule has 4 rings (SSSR count). The van der Waals surface area contributed by atoms with E-state index in [2.05, 4.69) is 36.5 Å². The standard InChI is InChI=1S/C21H28N2O2/c1-13-7-3-6-10-16(13)19-17-11-23(12-18(17)19)21(25)20(22-14(2)24)15-8-4-5-9-15/h3,6-7,10,15,17-20H,4-5,8-9,11-12H2,1-2H3,(H,22,24). The van der Waals surface area contributed by atoms with Gasteiger partial charge in [-0.3, -0.25) is 9.59 Å². The third kappa shape index (κ3) is 3.07. The van der Waals surface area contributed by atoms with Gasteiger partial charge in [-0.2, -0.15) is 0 Å². The molecule has 0 bridgehead atoms. The monoisotopic (exact) mass is 340 g/mol. The molecule has 3 atom stereocenters. The summed E-state index contributed by atoms with van der Waals surface area (Å²) in [5.41, 5.74) is 2.82. The lowest BCUT2D eigenvalue weighted by molar-refractivity contribution is -0.137. The molecule has 1 aromatic carbocycles. The smallest absolute Gasteiger partial charge is 0.245 e. The van der Waals surface area contributed by atoms with Gasteiger partial charge in [0.2, 0.25) is 11.8 Å². The molecule has 25 heavy (non-hydrogen) atoms. The zero-order valence-corrected chi connectivity index (χ0v) is 15.2. The van der Waals surface area contributed by atoms with Gasteiger partial charge in [0.05, 0.1) is 0 Å². The minimum Gasteiger partial charge on any atom is -0.344 e. The van der Waals surface area contributed by atoms with Gasteiger partial charge in [-0.25, -0.2) is 0 Å². The third-order valence-electron chi connectivity index (χ3n) is 6.55. The molecule has 0 aromatic heterocycles. The summed E-state index contributed by atoms with van der Waals surface area (Å²) in [5.74, 6) is 2.21. The Hall–Kier alpha value is -1.84. The molecular weight excluding hydrogens is 312 g/mol. The van der Waals surface area contributed by atoms with Crippen LogP contribution in [0.1, 0.15) is 49.7 Å². The van der Waals surface area contributed by atoms with E-state index in [4.69, 9.17) is 0 Å². The lowest BCUT2D eigenvalue weighted by Gasteiger charge is -2.29. The van der Waals surface area contributed by atoms with Crippen LogP contribution in [0.4, 0.5) is 0 Å². The largest absolute Gasteiger partial charge is 0.344 e. The highest BCUT2D eigenvalue weighted by Gasteiger charge is 2.58. The molecule has 3 fully saturated rings. The molecule has 1 N–H and O–H groups in total. The molecule has 3 aliphatic rings. The Bertz CT molecular complexity index is 668. The van der Waals surface area contributed by atoms with Crippen LogP contribution in [0.25, 0.3) is 0 Å². The van der Waals surface area contributed by atoms with Crippen LogP contribution in [-0.4, -0.2) is 35.8 Å². The average Bonchev–Trinajstić information content (AvgIpc) is 3.01. The quantitative estimate of drug-likeness (QED) is 0.916. The molecule has 1 aromatic rings. The Kier molecular flexibility index (Phi) is 4.30. The van der Waals surface area contributed by atoms with E-state index in [1.807, 2.05) is 4.90 Å². The lowest BCUT2D eigenvalue weighted by Crippen LogP contribution is -2.51. The summed E-state index contributed by atoms with van der Waals surface area (Å²) in [7, 11) is 0. The number of fused-ring (bicyclic) bond motifs is 1. The van der Waals surface area contributed by atoms with Crippen molar-refractivity contribution in [1.82, 2.24) is 10.2 Å². The minimum atomic E-state index is -0.311. The van der Waals surface area contributed by atoms with Crippen LogP contribution in [0, 0.1) is 24.7 Å². The first-order chi connectivity index (χ1) is 12.1. The van der Waals surface area contributed by atoms with Crippen molar-refractivity contribution in [3.8, 4) is 0 Å². The maximum atomic E-state index is 13.1. The van der Waals surface area contributed by atoms with Gasteiger partial charge in [-0.05, 0) is 54.6 Å². The van der Waals surface area contributed by atoms with Crippen molar-refractivity contribution in [2.24, 2.45) is 17.8 Å². The molecule has 2 saturated carbocycles. The predicted molar refractivity (Wildman–Crippen MR) is 97.0 cm³/mol. The van der Waals surface area contributed by atoms with Gasteiger partial charge in [0.1, 0.15) is 6.04 Å². The maximum absolute atomic E-state index is 13.1. The summed E-state index contributed by atoms with van der Waals surface area (Å²) >= 11 is 0. The molecule has 4 heteroatoms. The number of hydrogen-bond donors (Lipinski definition) is 1. The summed E-state index contributed by atoms with van der Waals surface area (Å²) in [6.45, 7) is 5.40. The number of carbonyl (C=O) groups excluding carboxylic acids is 2. The van der Waals surface area contributed by atoms with Crippen molar-refractivity contribution in [2.75, 3.05) is 13.1 Å². The van der Waals surface area contributed by atoms with Crippen LogP contribution < -0.4 is 5.32 Å². The first-order valence-electron chi connectivity index (χ1n) is 9.67. The van der Waals surface area contributed by atoms with E-state index < -0.39 is 0 Å². The van der Waals surface area contributed by atoms with Gasteiger partial charge in [0, 0.05) is 20.0 Å². The highest BCUT2D eigenvalue weighted by molar-refractivity contribution is 5.87. The molecular formula is C21H28N2O2. The Morgan fingerprint density at radius 1 is 1.12 bits per heavy atom. The number of likely N-dealkylation sites (tertiary alicyclic amines) is 1. The van der Waals surface area contributed by atoms with Crippen LogP contribution >= 0.6 is 0 Å². The summed E-state index contributed by atoms with van der Waals surface area (Å²) in [5, 5.41) is 2.95. The van der Waals surface area contributed by atoms with Gasteiger partial charge >= 0.3 is 0 Å². The molecule has 0 spiro atoms. The number of benzene rings is 1. The van der Waals surface area contributed by atoms with Gasteiger partial charge in [-0.1, -0.05) is 37.1 Å². The Labute approximate surface area is 150 Å². The number of nitrogens with one attached hydrogen (secondary N) is 1. The van der Waals surface area contributed by atoms with Crippen molar-refractivity contribution < 1.29 is 9.59 Å². The van der Waals surface area contributed by atoms with E-state index >= 15 is 0 Å². The van der Waals surface area contributed by atoms with Crippen LogP contribution in [0.3, 0.4) is 0 Å². The van der Waals surface area contributed by atoms with E-state index in [1.165, 1.54) is 30.9 Å². The molecule has 134 valence electrons. The van der Waals surface area contributed by atoms with E-state index in [0.29, 0.717) is 23.7 Å². The van der Waals surface area contributed by atoms with Crippen molar-refractivity contribution in [3.05, 3.63) is 35.4 Å². The first kappa shape index (κ1) is 16.6. The second kappa shape index (κ2) is 6.47. The Balaban J connectivity index is 1.41. The fourth-order valence-corrected chi connectivity index (χ4v) is 5.22. The van der Waals surface area contributed by atoms with Crippen LogP contribution in [0.2, 0.25) is 0 Å². The summed E-state index contributed by atoms with van der Waals surface area (Å²) in [6, 6.07) is 8.32. The molecule has 1 aliphatic heterocycles. The van der Waals surface area contributed by atoms with Crippen LogP contribution in [0.15, 0.2) is 24.3 Å². The molecule has 1 heterocycles. The molecule has 1 saturated heterocycles. The van der Waals surface area contributed by atoms with Gasteiger partial charge in [-0.15, -0.1) is 0 Å². The van der Waals surface area contributed by atoms with E-state index in [1.54, 1.807) is 0 Å². The fraction of sp³-hybridized carbons (Fsp3) is 0.619. The third-order valence-corrected chi connectivity index (χ3v) is 6.55. The van der Waals surface area contributed by atoms with Gasteiger partial charge < -0.3 is 10.2 Å². The van der Waals surface area contributed by atoms with Crippen molar-refractivity contribution in [1.29, 1.82) is 0 Å². The van der Waals surface area contributed by atoms with Crippen molar-refractivity contribution >= 4 is 11.8 Å². The lowest BCUT2D eigenvalue weighted by atomic mass is 9.96. The number of nitrogens with zero attached hydrogens (tertiary/aromatic N) is 1. The normalized spacial score (nSPS) is 29.4. The Morgan fingerprint density at radius 2 is 1.76 bits per heavy atom. The van der Waals surface area contributed by atoms with Crippen LogP contribution in [-0.2, 0) is 9.59 Å². The summed E-state index contributed by atoms with van der Waals surface area (Å²) < 4.78 is 0. The number of rotatable bonds is 4. The van der Waals surface area contributed by atoms with Crippen LogP contribution in [0.5, 0.6) is 0 Å². The molecule has 2 aliphatic carbocycles. The zero-order chi connectivity index (χ0) is 17.6. The number of hydrogen-bond acceptors (Lipinski definition) is 2. The van der Waals surface area contributed by atoms with Crippen molar-refractivity contribution in [2.45, 2.75) is 51.5 Å². The molecule has 2 amide bonds. The molecule has 3 unspecified atom stereocenters. The van der Waals surface area contributed by atoms with Gasteiger partial charge in [0.15, 0.2) is 0 Å². The minimum absolute atomic E-state index is 0.0904. The van der Waals surface area contributed by atoms with Crippen molar-refractivity contribution in [3.63, 3.8) is 0 Å². The second-order valence-corrected chi connectivity index (χ2v) is 8.18. The van der Waals surface area contributed by atoms with E-state index in [9.17, 15) is 9.59 Å². The molecule has 0 radical (unpaired) electrons. The molecule has 4 nitrogen and oxygen atoms in total. The SMILES string of the molecule is CC(=O)NC(C(=O)N1CC2C(C1)C2c1ccccc1C)C1CCCC1. The average molecular weight is 340 g/mol. The Morgan fingerprint density at radius 3 is 2.36 bits per heavy atom. The predicted octanol–water partition coefficient (Wildman–Crippen LogP) is 2.86. The first-order valence-corrected chi connectivity index (χ1v) is 9.67. The fourth-order valence-electron chi connectivity index (χ4n) is 5.22. The number of carbonyl (C=O) groups is 2. The van der Waals surface area contributed by atoms with E-state index in [0.717, 1.165) is 25.9 Å². The summed E-state index contributed by atoms with van der Waals surface area (Å²) in [6.07, 6.45) is 4.47. The summed E-state index contributed by atoms with van der Waals surface area (Å²) in [4.78, 5) is 26.7. The highest BCUT2D eigenvalue weighted by Crippen LogP contribution is 2.58. The van der Waals surface area contributed by atoms with E-state index in [-0.39, 0.29) is 17.9 Å². The highest BCUT2D eigenvalue weighted by atomic mass is 16.2. The zero-order valence-electron chi connectivity index (χ0n) is 15.2. The second-order valence-electron chi connectivity index (χ2n) is 8.18. The van der Waals surface area contributed by atoms with Gasteiger partial charge in [0.25, 0.3) is 0 Å². The number of aryl methyl sites for hydroxylation is 1. The maximum Gasteiger partial charge on any atom is 0.245 e. The number of amides is 2. The topological polar surface area (TPSA) is 49.4 Å². The number of piperidine rings is 1.